The van der Waals surface area contributed by atoms with E-state index in [1.165, 1.54) is 7.05 Å². The third-order valence-corrected chi connectivity index (χ3v) is 5.04. The first-order valence-corrected chi connectivity index (χ1v) is 8.78. The van der Waals surface area contributed by atoms with Crippen molar-refractivity contribution in [2.75, 3.05) is 33.6 Å². The molecule has 2 heterocycles. The van der Waals surface area contributed by atoms with E-state index in [1.54, 1.807) is 6.92 Å². The first-order valence-electron chi connectivity index (χ1n) is 8.78. The van der Waals surface area contributed by atoms with Crippen molar-refractivity contribution in [1.82, 2.24) is 16.0 Å². The SMILES string of the molecule is CNC(=O)NC(=O)[C@H](C)NCC1(c2ccc3c(c2)OCO3)CCOCC1. The van der Waals surface area contributed by atoms with Crippen molar-refractivity contribution in [2.45, 2.75) is 31.2 Å². The molecule has 1 saturated heterocycles. The van der Waals surface area contributed by atoms with Gasteiger partial charge in [0, 0.05) is 32.2 Å². The number of rotatable bonds is 5. The summed E-state index contributed by atoms with van der Waals surface area (Å²) in [5.74, 6) is 1.14. The average molecular weight is 363 g/mol. The van der Waals surface area contributed by atoms with Gasteiger partial charge in [-0.25, -0.2) is 4.79 Å². The molecule has 2 aliphatic rings. The summed E-state index contributed by atoms with van der Waals surface area (Å²) in [6.07, 6.45) is 1.67. The van der Waals surface area contributed by atoms with E-state index in [0.717, 1.165) is 29.9 Å². The van der Waals surface area contributed by atoms with Crippen LogP contribution in [0.1, 0.15) is 25.3 Å². The van der Waals surface area contributed by atoms with Crippen molar-refractivity contribution in [3.8, 4) is 11.5 Å². The predicted molar refractivity (Wildman–Crippen MR) is 94.4 cm³/mol. The molecule has 0 bridgehead atoms. The first kappa shape index (κ1) is 18.5. The Morgan fingerprint density at radius 3 is 2.65 bits per heavy atom. The molecule has 1 fully saturated rings. The molecule has 3 amide bonds. The van der Waals surface area contributed by atoms with E-state index in [4.69, 9.17) is 14.2 Å². The van der Waals surface area contributed by atoms with Gasteiger partial charge in [-0.05, 0) is 37.5 Å². The molecule has 0 unspecified atom stereocenters. The van der Waals surface area contributed by atoms with Gasteiger partial charge in [0.1, 0.15) is 0 Å². The van der Waals surface area contributed by atoms with Crippen LogP contribution < -0.4 is 25.4 Å². The van der Waals surface area contributed by atoms with Gasteiger partial charge in [0.05, 0.1) is 6.04 Å². The Kier molecular flexibility index (Phi) is 5.63. The zero-order valence-corrected chi connectivity index (χ0v) is 15.1. The van der Waals surface area contributed by atoms with Gasteiger partial charge in [0.15, 0.2) is 11.5 Å². The number of benzene rings is 1. The topological polar surface area (TPSA) is 97.9 Å². The average Bonchev–Trinajstić information content (AvgIpc) is 3.14. The number of amides is 3. The molecule has 0 aliphatic carbocycles. The van der Waals surface area contributed by atoms with Crippen molar-refractivity contribution < 1.29 is 23.8 Å². The second kappa shape index (κ2) is 7.92. The van der Waals surface area contributed by atoms with Crippen LogP contribution >= 0.6 is 0 Å². The second-order valence-corrected chi connectivity index (χ2v) is 6.63. The van der Waals surface area contributed by atoms with Crippen molar-refractivity contribution in [3.05, 3.63) is 23.8 Å². The number of hydrogen-bond donors (Lipinski definition) is 3. The molecule has 3 rings (SSSR count). The quantitative estimate of drug-likeness (QED) is 0.719. The Labute approximate surface area is 152 Å². The Morgan fingerprint density at radius 2 is 1.92 bits per heavy atom. The number of fused-ring (bicyclic) bond motifs is 1. The van der Waals surface area contributed by atoms with E-state index in [-0.39, 0.29) is 18.1 Å². The minimum atomic E-state index is -0.514. The molecule has 0 aromatic heterocycles. The van der Waals surface area contributed by atoms with Gasteiger partial charge in [-0.3, -0.25) is 10.1 Å². The smallest absolute Gasteiger partial charge is 0.321 e. The van der Waals surface area contributed by atoms with Crippen molar-refractivity contribution in [3.63, 3.8) is 0 Å². The van der Waals surface area contributed by atoms with Crippen molar-refractivity contribution in [2.24, 2.45) is 0 Å². The molecule has 0 saturated carbocycles. The van der Waals surface area contributed by atoms with Gasteiger partial charge in [-0.2, -0.15) is 0 Å². The highest BCUT2D eigenvalue weighted by atomic mass is 16.7. The molecular weight excluding hydrogens is 338 g/mol. The molecule has 2 aliphatic heterocycles. The van der Waals surface area contributed by atoms with Gasteiger partial charge < -0.3 is 24.8 Å². The lowest BCUT2D eigenvalue weighted by Gasteiger charge is -2.38. The monoisotopic (exact) mass is 363 g/mol. The fourth-order valence-corrected chi connectivity index (χ4v) is 3.28. The molecule has 0 radical (unpaired) electrons. The molecule has 0 spiro atoms. The van der Waals surface area contributed by atoms with Gasteiger partial charge >= 0.3 is 6.03 Å². The summed E-state index contributed by atoms with van der Waals surface area (Å²) in [5.41, 5.74) is 0.970. The third kappa shape index (κ3) is 3.91. The van der Waals surface area contributed by atoms with Crippen LogP contribution in [0.15, 0.2) is 18.2 Å². The van der Waals surface area contributed by atoms with Crippen molar-refractivity contribution in [1.29, 1.82) is 0 Å². The maximum absolute atomic E-state index is 12.1. The summed E-state index contributed by atoms with van der Waals surface area (Å²) < 4.78 is 16.5. The van der Waals surface area contributed by atoms with E-state index in [9.17, 15) is 9.59 Å². The zero-order valence-electron chi connectivity index (χ0n) is 15.1. The lowest BCUT2D eigenvalue weighted by atomic mass is 9.74. The van der Waals surface area contributed by atoms with Crippen LogP contribution in [0.2, 0.25) is 0 Å². The van der Waals surface area contributed by atoms with Crippen LogP contribution in [0, 0.1) is 0 Å². The maximum atomic E-state index is 12.1. The molecule has 1 aromatic carbocycles. The summed E-state index contributed by atoms with van der Waals surface area (Å²) in [5, 5.41) is 7.93. The minimum absolute atomic E-state index is 0.166. The van der Waals surface area contributed by atoms with Crippen LogP contribution in [-0.2, 0) is 14.9 Å². The van der Waals surface area contributed by atoms with Crippen LogP contribution in [0.5, 0.6) is 11.5 Å². The maximum Gasteiger partial charge on any atom is 0.321 e. The largest absolute Gasteiger partial charge is 0.454 e. The number of hydrogen-bond acceptors (Lipinski definition) is 6. The van der Waals surface area contributed by atoms with Gasteiger partial charge in [-0.15, -0.1) is 0 Å². The zero-order chi connectivity index (χ0) is 18.6. The highest BCUT2D eigenvalue weighted by Crippen LogP contribution is 2.40. The summed E-state index contributed by atoms with van der Waals surface area (Å²) in [6, 6.07) is 4.98. The molecular formula is C18H25N3O5. The fraction of sp³-hybridized carbons (Fsp3) is 0.556. The lowest BCUT2D eigenvalue weighted by molar-refractivity contribution is -0.121. The highest BCUT2D eigenvalue weighted by molar-refractivity contribution is 5.96. The van der Waals surface area contributed by atoms with Crippen LogP contribution in [0.25, 0.3) is 0 Å². The van der Waals surface area contributed by atoms with Crippen molar-refractivity contribution >= 4 is 11.9 Å². The van der Waals surface area contributed by atoms with E-state index in [0.29, 0.717) is 19.8 Å². The third-order valence-electron chi connectivity index (χ3n) is 5.04. The van der Waals surface area contributed by atoms with Crippen LogP contribution in [0.3, 0.4) is 0 Å². The number of ether oxygens (including phenoxy) is 3. The highest BCUT2D eigenvalue weighted by Gasteiger charge is 2.36. The van der Waals surface area contributed by atoms with Gasteiger partial charge in [0.2, 0.25) is 12.7 Å². The Bertz CT molecular complexity index is 673. The molecule has 3 N–H and O–H groups in total. The van der Waals surface area contributed by atoms with Crippen LogP contribution in [-0.4, -0.2) is 51.6 Å². The molecule has 1 aromatic rings. The van der Waals surface area contributed by atoms with E-state index in [2.05, 4.69) is 22.0 Å². The molecule has 8 heteroatoms. The number of carbonyl (C=O) groups is 2. The summed E-state index contributed by atoms with van der Waals surface area (Å²) >= 11 is 0. The number of imide groups is 1. The van der Waals surface area contributed by atoms with Gasteiger partial charge in [-0.1, -0.05) is 6.07 Å². The number of carbonyl (C=O) groups excluding carboxylic acids is 2. The predicted octanol–water partition coefficient (Wildman–Crippen LogP) is 0.897. The van der Waals surface area contributed by atoms with E-state index in [1.807, 2.05) is 12.1 Å². The second-order valence-electron chi connectivity index (χ2n) is 6.63. The Balaban J connectivity index is 1.72. The first-order chi connectivity index (χ1) is 12.5. The van der Waals surface area contributed by atoms with E-state index < -0.39 is 12.1 Å². The molecule has 8 nitrogen and oxygen atoms in total. The summed E-state index contributed by atoms with van der Waals surface area (Å²) in [4.78, 5) is 23.4. The summed E-state index contributed by atoms with van der Waals surface area (Å²) in [7, 11) is 1.47. The minimum Gasteiger partial charge on any atom is -0.454 e. The normalized spacial score (nSPS) is 18.8. The Hall–Kier alpha value is -2.32. The lowest BCUT2D eigenvalue weighted by Crippen LogP contribution is -2.51. The molecule has 1 atom stereocenters. The number of urea groups is 1. The van der Waals surface area contributed by atoms with Crippen LogP contribution in [0.4, 0.5) is 4.79 Å². The fourth-order valence-electron chi connectivity index (χ4n) is 3.28. The standard InChI is InChI=1S/C18H25N3O5/c1-12(16(22)21-17(23)19-2)20-10-18(5-7-24-8-6-18)13-3-4-14-15(9-13)26-11-25-14/h3-4,9,12,20H,5-8,10-11H2,1-2H3,(H2,19,21,22,23)/t12-/m0/s1. The number of nitrogens with one attached hydrogen (secondary N) is 3. The Morgan fingerprint density at radius 1 is 1.19 bits per heavy atom. The molecule has 26 heavy (non-hydrogen) atoms. The molecule has 142 valence electrons. The van der Waals surface area contributed by atoms with E-state index >= 15 is 0 Å². The summed E-state index contributed by atoms with van der Waals surface area (Å²) in [6.45, 7) is 3.90. The van der Waals surface area contributed by atoms with Gasteiger partial charge in [0.25, 0.3) is 0 Å².